The maximum atomic E-state index is 6.03. The fourth-order valence-electron chi connectivity index (χ4n) is 2.84. The lowest BCUT2D eigenvalue weighted by atomic mass is 10.1. The minimum Gasteiger partial charge on any atom is -0.488 e. The van der Waals surface area contributed by atoms with Crippen molar-refractivity contribution in [3.63, 3.8) is 0 Å². The Labute approximate surface area is 167 Å². The smallest absolute Gasteiger partial charge is 0.127 e. The van der Waals surface area contributed by atoms with Crippen molar-refractivity contribution in [1.29, 1.82) is 0 Å². The number of benzene rings is 3. The summed E-state index contributed by atoms with van der Waals surface area (Å²) in [4.78, 5) is 4.69. The van der Waals surface area contributed by atoms with E-state index in [4.69, 9.17) is 4.74 Å². The predicted octanol–water partition coefficient (Wildman–Crippen LogP) is 6.75. The maximum Gasteiger partial charge on any atom is 0.127 e. The molecule has 1 heterocycles. The Morgan fingerprint density at radius 2 is 1.56 bits per heavy atom. The Hall–Kier alpha value is -2.91. The number of pyridine rings is 1. The molecule has 3 aromatic carbocycles. The van der Waals surface area contributed by atoms with E-state index in [-0.39, 0.29) is 0 Å². The fraction of sp³-hybridized carbons (Fsp3) is 0.0417. The van der Waals surface area contributed by atoms with Gasteiger partial charge in [0.25, 0.3) is 0 Å². The van der Waals surface area contributed by atoms with Crippen LogP contribution >= 0.6 is 15.9 Å². The van der Waals surface area contributed by atoms with E-state index >= 15 is 0 Å². The van der Waals surface area contributed by atoms with Gasteiger partial charge in [-0.3, -0.25) is 0 Å². The fourth-order valence-corrected chi connectivity index (χ4v) is 3.11. The van der Waals surface area contributed by atoms with Crippen LogP contribution in [0.25, 0.3) is 23.1 Å². The van der Waals surface area contributed by atoms with Gasteiger partial charge in [0.05, 0.1) is 11.2 Å². The quantitative estimate of drug-likeness (QED) is 0.359. The average molecular weight is 416 g/mol. The lowest BCUT2D eigenvalue weighted by Crippen LogP contribution is -1.96. The third-order valence-electron chi connectivity index (χ3n) is 4.28. The molecular weight excluding hydrogens is 398 g/mol. The van der Waals surface area contributed by atoms with Crippen LogP contribution < -0.4 is 4.74 Å². The van der Waals surface area contributed by atoms with Gasteiger partial charge in [-0.1, -0.05) is 70.5 Å². The Morgan fingerprint density at radius 3 is 2.44 bits per heavy atom. The van der Waals surface area contributed by atoms with Gasteiger partial charge in [0.1, 0.15) is 12.4 Å². The topological polar surface area (TPSA) is 22.1 Å². The highest BCUT2D eigenvalue weighted by atomic mass is 79.9. The van der Waals surface area contributed by atoms with Crippen LogP contribution in [-0.4, -0.2) is 4.98 Å². The Balaban J connectivity index is 1.52. The molecule has 0 bridgehead atoms. The molecule has 1 aromatic heterocycles. The molecule has 0 amide bonds. The third kappa shape index (κ3) is 4.44. The molecule has 3 heteroatoms. The van der Waals surface area contributed by atoms with Gasteiger partial charge in [-0.25, -0.2) is 4.98 Å². The molecule has 0 aliphatic carbocycles. The number of rotatable bonds is 5. The van der Waals surface area contributed by atoms with Crippen molar-refractivity contribution in [2.24, 2.45) is 0 Å². The number of nitrogens with zero attached hydrogens (tertiary/aromatic N) is 1. The van der Waals surface area contributed by atoms with Crippen LogP contribution in [0.3, 0.4) is 0 Å². The summed E-state index contributed by atoms with van der Waals surface area (Å²) in [7, 11) is 0. The van der Waals surface area contributed by atoms with Crippen LogP contribution in [0.1, 0.15) is 16.8 Å². The number of para-hydroxylation sites is 2. The lowest BCUT2D eigenvalue weighted by Gasteiger charge is -2.09. The van der Waals surface area contributed by atoms with Gasteiger partial charge >= 0.3 is 0 Å². The minimum atomic E-state index is 0.534. The number of halogens is 1. The van der Waals surface area contributed by atoms with E-state index in [9.17, 15) is 0 Å². The second-order valence-electron chi connectivity index (χ2n) is 6.22. The second kappa shape index (κ2) is 8.19. The lowest BCUT2D eigenvalue weighted by molar-refractivity contribution is 0.305. The van der Waals surface area contributed by atoms with Crippen molar-refractivity contribution in [2.75, 3.05) is 0 Å². The Morgan fingerprint density at radius 1 is 0.778 bits per heavy atom. The van der Waals surface area contributed by atoms with E-state index in [2.05, 4.69) is 51.2 Å². The summed E-state index contributed by atoms with van der Waals surface area (Å²) in [6.07, 6.45) is 4.07. The van der Waals surface area contributed by atoms with Crippen molar-refractivity contribution < 1.29 is 4.74 Å². The third-order valence-corrected chi connectivity index (χ3v) is 4.81. The molecule has 132 valence electrons. The van der Waals surface area contributed by atoms with Gasteiger partial charge in [-0.2, -0.15) is 0 Å². The van der Waals surface area contributed by atoms with E-state index in [1.54, 1.807) is 0 Å². The van der Waals surface area contributed by atoms with E-state index < -0.39 is 0 Å². The van der Waals surface area contributed by atoms with E-state index in [0.29, 0.717) is 6.61 Å². The van der Waals surface area contributed by atoms with Gasteiger partial charge in [0, 0.05) is 15.4 Å². The molecule has 0 atom stereocenters. The Bertz CT molecular complexity index is 1090. The number of fused-ring (bicyclic) bond motifs is 1. The monoisotopic (exact) mass is 415 g/mol. The standard InChI is InChI=1S/C24H18BrNO/c25-21-13-9-18(10-14-21)17-27-24-8-4-2-6-20(24)12-16-22-15-11-19-5-1-3-7-23(19)26-22/h1-16H,17H2. The molecule has 4 rings (SSSR count). The van der Waals surface area contributed by atoms with Crippen LogP contribution in [0.4, 0.5) is 0 Å². The number of hydrogen-bond donors (Lipinski definition) is 0. The first-order valence-electron chi connectivity index (χ1n) is 8.78. The minimum absolute atomic E-state index is 0.534. The summed E-state index contributed by atoms with van der Waals surface area (Å²) < 4.78 is 7.10. The molecule has 0 N–H and O–H groups in total. The molecule has 0 aliphatic heterocycles. The van der Waals surface area contributed by atoms with Gasteiger partial charge in [-0.05, 0) is 48.0 Å². The highest BCUT2D eigenvalue weighted by molar-refractivity contribution is 9.10. The van der Waals surface area contributed by atoms with Crippen molar-refractivity contribution >= 4 is 39.0 Å². The largest absolute Gasteiger partial charge is 0.488 e. The highest BCUT2D eigenvalue weighted by Crippen LogP contribution is 2.22. The molecular formula is C24H18BrNO. The van der Waals surface area contributed by atoms with Crippen LogP contribution in [0, 0.1) is 0 Å². The maximum absolute atomic E-state index is 6.03. The summed E-state index contributed by atoms with van der Waals surface area (Å²) in [5, 5.41) is 1.15. The van der Waals surface area contributed by atoms with Crippen molar-refractivity contribution in [2.45, 2.75) is 6.61 Å². The predicted molar refractivity (Wildman–Crippen MR) is 116 cm³/mol. The van der Waals surface area contributed by atoms with Gasteiger partial charge < -0.3 is 4.74 Å². The zero-order valence-corrected chi connectivity index (χ0v) is 16.3. The number of hydrogen-bond acceptors (Lipinski definition) is 2. The van der Waals surface area contributed by atoms with E-state index in [1.807, 2.05) is 66.7 Å². The number of aromatic nitrogens is 1. The van der Waals surface area contributed by atoms with Gasteiger partial charge in [0.15, 0.2) is 0 Å². The second-order valence-corrected chi connectivity index (χ2v) is 7.13. The van der Waals surface area contributed by atoms with E-state index in [0.717, 1.165) is 37.9 Å². The molecule has 4 aromatic rings. The highest BCUT2D eigenvalue weighted by Gasteiger charge is 2.02. The van der Waals surface area contributed by atoms with Crippen molar-refractivity contribution in [3.8, 4) is 5.75 Å². The molecule has 0 saturated heterocycles. The summed E-state index contributed by atoms with van der Waals surface area (Å²) in [6.45, 7) is 0.534. The zero-order valence-electron chi connectivity index (χ0n) is 14.7. The first-order valence-corrected chi connectivity index (χ1v) is 9.57. The molecule has 2 nitrogen and oxygen atoms in total. The molecule has 0 radical (unpaired) electrons. The van der Waals surface area contributed by atoms with Gasteiger partial charge in [-0.15, -0.1) is 0 Å². The molecule has 0 fully saturated rings. The molecule has 0 unspecified atom stereocenters. The van der Waals surface area contributed by atoms with Crippen LogP contribution in [0.2, 0.25) is 0 Å². The van der Waals surface area contributed by atoms with Crippen molar-refractivity contribution in [1.82, 2.24) is 4.98 Å². The number of ether oxygens (including phenoxy) is 1. The normalized spacial score (nSPS) is 11.1. The average Bonchev–Trinajstić information content (AvgIpc) is 2.72. The van der Waals surface area contributed by atoms with Crippen molar-refractivity contribution in [3.05, 3.63) is 106 Å². The van der Waals surface area contributed by atoms with Crippen LogP contribution in [0.5, 0.6) is 5.75 Å². The summed E-state index contributed by atoms with van der Waals surface area (Å²) in [5.74, 6) is 0.859. The first kappa shape index (κ1) is 17.5. The molecule has 0 spiro atoms. The SMILES string of the molecule is Brc1ccc(COc2ccccc2C=Cc2ccc3ccccc3n2)cc1. The zero-order chi connectivity index (χ0) is 18.5. The summed E-state index contributed by atoms with van der Waals surface area (Å²) in [6, 6.07) is 28.5. The molecule has 27 heavy (non-hydrogen) atoms. The van der Waals surface area contributed by atoms with Crippen LogP contribution in [0.15, 0.2) is 89.4 Å². The molecule has 0 aliphatic rings. The first-order chi connectivity index (χ1) is 13.3. The van der Waals surface area contributed by atoms with Crippen LogP contribution in [-0.2, 0) is 6.61 Å². The van der Waals surface area contributed by atoms with E-state index in [1.165, 1.54) is 0 Å². The summed E-state index contributed by atoms with van der Waals surface area (Å²) >= 11 is 3.45. The molecule has 0 saturated carbocycles. The summed E-state index contributed by atoms with van der Waals surface area (Å²) in [5.41, 5.74) is 4.09. The Kier molecular flexibility index (Phi) is 5.31. The van der Waals surface area contributed by atoms with Gasteiger partial charge in [0.2, 0.25) is 0 Å².